The van der Waals surface area contributed by atoms with Gasteiger partial charge in [0.2, 0.25) is 0 Å². The fourth-order valence-corrected chi connectivity index (χ4v) is 4.18. The highest BCUT2D eigenvalue weighted by Gasteiger charge is 2.20. The summed E-state index contributed by atoms with van der Waals surface area (Å²) in [5.74, 6) is -1.68. The highest BCUT2D eigenvalue weighted by atomic mass is 32.2. The van der Waals surface area contributed by atoms with Gasteiger partial charge in [-0.15, -0.1) is 11.3 Å². The minimum Gasteiger partial charge on any atom is -0.480 e. The van der Waals surface area contributed by atoms with Crippen molar-refractivity contribution in [1.82, 2.24) is 5.32 Å². The molecule has 7 nitrogen and oxygen atoms in total. The summed E-state index contributed by atoms with van der Waals surface area (Å²) in [5.41, 5.74) is 0.400. The molecule has 1 amide bonds. The molecule has 3 N–H and O–H groups in total. The number of amides is 1. The number of carbonyl (C=O) groups excluding carboxylic acids is 1. The van der Waals surface area contributed by atoms with Gasteiger partial charge in [-0.2, -0.15) is 0 Å². The lowest BCUT2D eigenvalue weighted by Crippen LogP contribution is -2.40. The number of sulfonamides is 1. The van der Waals surface area contributed by atoms with Crippen molar-refractivity contribution >= 4 is 38.9 Å². The van der Waals surface area contributed by atoms with E-state index in [9.17, 15) is 18.0 Å². The Balaban J connectivity index is 2.15. The Morgan fingerprint density at radius 3 is 2.60 bits per heavy atom. The molecule has 1 aromatic carbocycles. The van der Waals surface area contributed by atoms with Crippen LogP contribution in [0.25, 0.3) is 0 Å². The molecule has 0 saturated carbocycles. The third kappa shape index (κ3) is 5.04. The lowest BCUT2D eigenvalue weighted by atomic mass is 10.1. The van der Waals surface area contributed by atoms with Gasteiger partial charge in [0.25, 0.3) is 15.9 Å². The van der Waals surface area contributed by atoms with Crippen LogP contribution in [0.3, 0.4) is 0 Å². The molecule has 0 saturated heterocycles. The first-order valence-corrected chi connectivity index (χ1v) is 9.90. The molecule has 0 fully saturated rings. The molecule has 1 aromatic heterocycles. The first kappa shape index (κ1) is 18.9. The Labute approximate surface area is 149 Å². The lowest BCUT2D eigenvalue weighted by molar-refractivity contribution is -0.139. The number of carboxylic acid groups (broad SMARTS) is 1. The zero-order valence-electron chi connectivity index (χ0n) is 13.4. The average molecular weight is 382 g/mol. The predicted octanol–water partition coefficient (Wildman–Crippen LogP) is 2.53. The van der Waals surface area contributed by atoms with Gasteiger partial charge in [0, 0.05) is 11.3 Å². The van der Waals surface area contributed by atoms with Crippen LogP contribution >= 0.6 is 11.3 Å². The number of hydrogen-bond acceptors (Lipinski definition) is 5. The molecule has 1 heterocycles. The molecule has 0 aliphatic carbocycles. The molecule has 0 aliphatic heterocycles. The second-order valence-corrected chi connectivity index (χ2v) is 8.13. The lowest BCUT2D eigenvalue weighted by Gasteiger charge is -2.14. The van der Waals surface area contributed by atoms with Gasteiger partial charge >= 0.3 is 5.97 Å². The van der Waals surface area contributed by atoms with E-state index in [-0.39, 0.29) is 15.5 Å². The topological polar surface area (TPSA) is 113 Å². The van der Waals surface area contributed by atoms with Crippen LogP contribution in [-0.4, -0.2) is 31.4 Å². The first-order valence-electron chi connectivity index (χ1n) is 7.53. The minimum absolute atomic E-state index is 0.163. The molecule has 134 valence electrons. The summed E-state index contributed by atoms with van der Waals surface area (Å²) < 4.78 is 27.0. The summed E-state index contributed by atoms with van der Waals surface area (Å²) in [6.45, 7) is 1.82. The summed E-state index contributed by atoms with van der Waals surface area (Å²) in [6, 6.07) is 8.02. The number of hydrogen-bond donors (Lipinski definition) is 3. The normalized spacial score (nSPS) is 12.4. The molecule has 1 atom stereocenters. The SMILES string of the molecule is CCC[C@H](NC(=O)c1cccc(NS(=O)(=O)c2cccs2)c1)C(=O)O. The van der Waals surface area contributed by atoms with Gasteiger partial charge in [-0.05, 0) is 36.1 Å². The van der Waals surface area contributed by atoms with Crippen molar-refractivity contribution < 1.29 is 23.1 Å². The number of anilines is 1. The van der Waals surface area contributed by atoms with Crippen molar-refractivity contribution in [1.29, 1.82) is 0 Å². The van der Waals surface area contributed by atoms with Crippen molar-refractivity contribution in [3.8, 4) is 0 Å². The maximum atomic E-state index is 12.2. The van der Waals surface area contributed by atoms with E-state index in [1.807, 2.05) is 6.92 Å². The van der Waals surface area contributed by atoms with Crippen LogP contribution in [0, 0.1) is 0 Å². The van der Waals surface area contributed by atoms with Gasteiger partial charge in [-0.3, -0.25) is 9.52 Å². The fourth-order valence-electron chi connectivity index (χ4n) is 2.13. The Kier molecular flexibility index (Phi) is 6.16. The summed E-state index contributed by atoms with van der Waals surface area (Å²) in [5, 5.41) is 13.2. The van der Waals surface area contributed by atoms with Crippen molar-refractivity contribution in [3.63, 3.8) is 0 Å². The van der Waals surface area contributed by atoms with Crippen molar-refractivity contribution in [2.75, 3.05) is 4.72 Å². The van der Waals surface area contributed by atoms with Gasteiger partial charge < -0.3 is 10.4 Å². The minimum atomic E-state index is -3.71. The zero-order valence-corrected chi connectivity index (χ0v) is 15.1. The summed E-state index contributed by atoms with van der Waals surface area (Å²) in [6.07, 6.45) is 0.920. The van der Waals surface area contributed by atoms with Crippen LogP contribution in [0.1, 0.15) is 30.1 Å². The molecule has 0 radical (unpaired) electrons. The second-order valence-electron chi connectivity index (χ2n) is 5.27. The number of thiophene rings is 1. The van der Waals surface area contributed by atoms with Crippen LogP contribution < -0.4 is 10.0 Å². The number of nitrogens with one attached hydrogen (secondary N) is 2. The third-order valence-corrected chi connectivity index (χ3v) is 6.10. The van der Waals surface area contributed by atoms with Gasteiger partial charge in [0.05, 0.1) is 0 Å². The fraction of sp³-hybridized carbons (Fsp3) is 0.250. The highest BCUT2D eigenvalue weighted by molar-refractivity contribution is 7.94. The summed E-state index contributed by atoms with van der Waals surface area (Å²) >= 11 is 1.08. The van der Waals surface area contributed by atoms with Crippen molar-refractivity contribution in [3.05, 3.63) is 47.3 Å². The molecule has 2 aromatic rings. The van der Waals surface area contributed by atoms with Crippen LogP contribution in [0.4, 0.5) is 5.69 Å². The van der Waals surface area contributed by atoms with Crippen LogP contribution in [0.2, 0.25) is 0 Å². The number of carbonyl (C=O) groups is 2. The molecule has 25 heavy (non-hydrogen) atoms. The predicted molar refractivity (Wildman–Crippen MR) is 95.4 cm³/mol. The molecule has 0 aliphatic rings. The van der Waals surface area contributed by atoms with Gasteiger partial charge in [0.1, 0.15) is 10.3 Å². The van der Waals surface area contributed by atoms with E-state index in [1.165, 1.54) is 30.3 Å². The number of aliphatic carboxylic acids is 1. The Morgan fingerprint density at radius 2 is 2.00 bits per heavy atom. The second kappa shape index (κ2) is 8.13. The monoisotopic (exact) mass is 382 g/mol. The van der Waals surface area contributed by atoms with E-state index in [0.29, 0.717) is 12.8 Å². The Morgan fingerprint density at radius 1 is 1.24 bits per heavy atom. The maximum absolute atomic E-state index is 12.2. The molecule has 2 rings (SSSR count). The quantitative estimate of drug-likeness (QED) is 0.649. The van der Waals surface area contributed by atoms with E-state index in [0.717, 1.165) is 11.3 Å². The van der Waals surface area contributed by atoms with Crippen LogP contribution in [0.5, 0.6) is 0 Å². The number of benzene rings is 1. The van der Waals surface area contributed by atoms with E-state index < -0.39 is 27.9 Å². The van der Waals surface area contributed by atoms with E-state index >= 15 is 0 Å². The van der Waals surface area contributed by atoms with E-state index in [2.05, 4.69) is 10.0 Å². The summed E-state index contributed by atoms with van der Waals surface area (Å²) in [7, 11) is -3.71. The Hall–Kier alpha value is -2.39. The third-order valence-electron chi connectivity index (χ3n) is 3.32. The molecule has 0 spiro atoms. The van der Waals surface area contributed by atoms with Crippen LogP contribution in [0.15, 0.2) is 46.0 Å². The number of carboxylic acids is 1. The van der Waals surface area contributed by atoms with Crippen molar-refractivity contribution in [2.24, 2.45) is 0 Å². The Bertz CT molecular complexity index is 847. The van der Waals surface area contributed by atoms with E-state index in [4.69, 9.17) is 5.11 Å². The largest absolute Gasteiger partial charge is 0.480 e. The zero-order chi connectivity index (χ0) is 18.4. The molecule has 0 unspecified atom stereocenters. The summed E-state index contributed by atoms with van der Waals surface area (Å²) in [4.78, 5) is 23.4. The highest BCUT2D eigenvalue weighted by Crippen LogP contribution is 2.20. The first-order chi connectivity index (χ1) is 11.8. The molecular weight excluding hydrogens is 364 g/mol. The van der Waals surface area contributed by atoms with Crippen molar-refractivity contribution in [2.45, 2.75) is 30.0 Å². The average Bonchev–Trinajstić information content (AvgIpc) is 3.09. The molecule has 9 heteroatoms. The smallest absolute Gasteiger partial charge is 0.326 e. The number of rotatable bonds is 8. The van der Waals surface area contributed by atoms with Gasteiger partial charge in [0.15, 0.2) is 0 Å². The van der Waals surface area contributed by atoms with Gasteiger partial charge in [-0.25, -0.2) is 13.2 Å². The molecule has 0 bridgehead atoms. The van der Waals surface area contributed by atoms with Gasteiger partial charge in [-0.1, -0.05) is 25.5 Å². The maximum Gasteiger partial charge on any atom is 0.326 e. The molecular formula is C16H18N2O5S2. The van der Waals surface area contributed by atoms with Crippen LogP contribution in [-0.2, 0) is 14.8 Å². The van der Waals surface area contributed by atoms with E-state index in [1.54, 1.807) is 11.4 Å². The standard InChI is InChI=1S/C16H18N2O5S2/c1-2-5-13(16(20)21)17-15(19)11-6-3-7-12(10-11)18-25(22,23)14-8-4-9-24-14/h3-4,6-10,13,18H,2,5H2,1H3,(H,17,19)(H,20,21)/t13-/m0/s1.